The fraction of sp³-hybridized carbons (Fsp3) is 0.880. The molecule has 1 N–H and O–H groups in total. The molecule has 1 amide bonds. The van der Waals surface area contributed by atoms with E-state index >= 15 is 0 Å². The number of nitrogens with one attached hydrogen (secondary N) is 1. The fourth-order valence-corrected chi connectivity index (χ4v) is 9.02. The highest BCUT2D eigenvalue weighted by molar-refractivity contribution is 7.99. The van der Waals surface area contributed by atoms with E-state index in [0.717, 1.165) is 50.7 Å². The summed E-state index contributed by atoms with van der Waals surface area (Å²) in [6, 6.07) is 0. The standard InChI is InChI=1S/C25H36F3NO3S/c1-23-9-7-15(33-12-4-3-11-29-22(32)25(26,27)28)13-19(23)20(30)14-16-17-5-6-21(31)24(17,2)10-8-18(16)23/h15-19H,3-14H2,1-2H3,(H,29,32)/t15?,16-,17-,18+,19?,23+,24-/m0/s1. The molecule has 4 fully saturated rings. The van der Waals surface area contributed by atoms with Gasteiger partial charge in [-0.2, -0.15) is 24.9 Å². The lowest BCUT2D eigenvalue weighted by atomic mass is 9.45. The second kappa shape index (κ2) is 9.19. The maximum absolute atomic E-state index is 13.3. The third-order valence-corrected chi connectivity index (χ3v) is 11.0. The van der Waals surface area contributed by atoms with Crippen molar-refractivity contribution in [3.63, 3.8) is 0 Å². The van der Waals surface area contributed by atoms with Crippen molar-refractivity contribution in [1.29, 1.82) is 0 Å². The number of alkyl halides is 3. The highest BCUT2D eigenvalue weighted by atomic mass is 32.2. The molecule has 0 saturated heterocycles. The lowest BCUT2D eigenvalue weighted by molar-refractivity contribution is -0.173. The SMILES string of the molecule is C[C@]12CCC(SCCCCNC(=O)C(F)(F)F)CC1C(=O)C[C@@H]1[C@H]2CC[C@]2(C)C(=O)CC[C@@H]12. The van der Waals surface area contributed by atoms with Gasteiger partial charge in [0.05, 0.1) is 0 Å². The fourth-order valence-electron chi connectivity index (χ4n) is 7.71. The van der Waals surface area contributed by atoms with Crippen LogP contribution in [0.2, 0.25) is 0 Å². The number of amides is 1. The first-order valence-electron chi connectivity index (χ1n) is 12.5. The number of carbonyl (C=O) groups is 3. The van der Waals surface area contributed by atoms with Crippen molar-refractivity contribution in [2.45, 2.75) is 89.5 Å². The first-order chi connectivity index (χ1) is 15.5. The highest BCUT2D eigenvalue weighted by Gasteiger charge is 2.62. The van der Waals surface area contributed by atoms with E-state index in [1.807, 2.05) is 17.1 Å². The second-order valence-electron chi connectivity index (χ2n) is 11.3. The van der Waals surface area contributed by atoms with Crippen LogP contribution in [0.25, 0.3) is 0 Å². The van der Waals surface area contributed by atoms with E-state index in [9.17, 15) is 27.6 Å². The molecule has 4 rings (SSSR count). The number of unbranched alkanes of at least 4 members (excludes halogenated alkanes) is 1. The van der Waals surface area contributed by atoms with Gasteiger partial charge in [-0.05, 0) is 80.3 Å². The van der Waals surface area contributed by atoms with Crippen molar-refractivity contribution < 1.29 is 27.6 Å². The van der Waals surface area contributed by atoms with E-state index in [4.69, 9.17) is 0 Å². The lowest BCUT2D eigenvalue weighted by Crippen LogP contribution is -2.56. The van der Waals surface area contributed by atoms with Crippen molar-refractivity contribution >= 4 is 29.2 Å². The van der Waals surface area contributed by atoms with Crippen LogP contribution in [0.5, 0.6) is 0 Å². The Balaban J connectivity index is 1.28. The molecule has 33 heavy (non-hydrogen) atoms. The molecule has 0 bridgehead atoms. The van der Waals surface area contributed by atoms with Crippen molar-refractivity contribution in [3.8, 4) is 0 Å². The highest BCUT2D eigenvalue weighted by Crippen LogP contribution is 2.65. The first-order valence-corrected chi connectivity index (χ1v) is 13.5. The molecule has 186 valence electrons. The van der Waals surface area contributed by atoms with Crippen LogP contribution in [0, 0.1) is 34.5 Å². The summed E-state index contributed by atoms with van der Waals surface area (Å²) >= 11 is 1.83. The third kappa shape index (κ3) is 4.62. The van der Waals surface area contributed by atoms with Gasteiger partial charge >= 0.3 is 12.1 Å². The van der Waals surface area contributed by atoms with Gasteiger partial charge in [-0.1, -0.05) is 13.8 Å². The lowest BCUT2D eigenvalue weighted by Gasteiger charge is -2.59. The van der Waals surface area contributed by atoms with Crippen LogP contribution in [0.15, 0.2) is 0 Å². The predicted octanol–water partition coefficient (Wildman–Crippen LogP) is 5.34. The Labute approximate surface area is 198 Å². The quantitative estimate of drug-likeness (QED) is 0.514. The minimum atomic E-state index is -4.82. The number of hydrogen-bond donors (Lipinski definition) is 1. The molecule has 0 radical (unpaired) electrons. The number of hydrogen-bond acceptors (Lipinski definition) is 4. The maximum Gasteiger partial charge on any atom is 0.471 e. The van der Waals surface area contributed by atoms with Crippen molar-refractivity contribution in [3.05, 3.63) is 0 Å². The molecule has 0 aromatic rings. The van der Waals surface area contributed by atoms with Gasteiger partial charge in [0.1, 0.15) is 11.6 Å². The normalized spacial score (nSPS) is 40.7. The molecule has 0 aliphatic heterocycles. The van der Waals surface area contributed by atoms with Gasteiger partial charge in [0.2, 0.25) is 0 Å². The smallest absolute Gasteiger partial charge is 0.348 e. The van der Waals surface area contributed by atoms with Crippen molar-refractivity contribution in [2.75, 3.05) is 12.3 Å². The van der Waals surface area contributed by atoms with Crippen LogP contribution < -0.4 is 5.32 Å². The topological polar surface area (TPSA) is 63.2 Å². The van der Waals surface area contributed by atoms with Crippen LogP contribution in [-0.2, 0) is 14.4 Å². The van der Waals surface area contributed by atoms with E-state index in [1.165, 1.54) is 0 Å². The molecule has 4 nitrogen and oxygen atoms in total. The summed E-state index contributed by atoms with van der Waals surface area (Å²) in [6.45, 7) is 4.51. The summed E-state index contributed by atoms with van der Waals surface area (Å²) in [6.07, 6.45) is 3.74. The average Bonchev–Trinajstić information content (AvgIpc) is 3.05. The predicted molar refractivity (Wildman–Crippen MR) is 122 cm³/mol. The number of fused-ring (bicyclic) bond motifs is 5. The van der Waals surface area contributed by atoms with Crippen molar-refractivity contribution in [2.24, 2.45) is 34.5 Å². The molecule has 0 heterocycles. The van der Waals surface area contributed by atoms with Crippen LogP contribution in [0.4, 0.5) is 13.2 Å². The van der Waals surface area contributed by atoms with Crippen LogP contribution in [-0.4, -0.2) is 41.2 Å². The third-order valence-electron chi connectivity index (χ3n) is 9.59. The Hall–Kier alpha value is -1.05. The van der Waals surface area contributed by atoms with Gasteiger partial charge in [-0.25, -0.2) is 0 Å². The molecule has 7 atom stereocenters. The van der Waals surface area contributed by atoms with Gasteiger partial charge in [0, 0.05) is 36.0 Å². The summed E-state index contributed by atoms with van der Waals surface area (Å²) in [7, 11) is 0. The largest absolute Gasteiger partial charge is 0.471 e. The Morgan fingerprint density at radius 3 is 2.58 bits per heavy atom. The average molecular weight is 488 g/mol. The van der Waals surface area contributed by atoms with E-state index in [-0.39, 0.29) is 23.3 Å². The zero-order chi connectivity index (χ0) is 24.0. The molecular formula is C25H36F3NO3S. The molecule has 0 aromatic carbocycles. The Morgan fingerprint density at radius 2 is 1.85 bits per heavy atom. The minimum absolute atomic E-state index is 0.0336. The molecular weight excluding hydrogens is 451 g/mol. The van der Waals surface area contributed by atoms with Gasteiger partial charge in [0.25, 0.3) is 0 Å². The van der Waals surface area contributed by atoms with E-state index in [1.54, 1.807) is 0 Å². The summed E-state index contributed by atoms with van der Waals surface area (Å²) in [5.74, 6) is 1.12. The summed E-state index contributed by atoms with van der Waals surface area (Å²) < 4.78 is 36.6. The number of thioether (sulfide) groups is 1. The summed E-state index contributed by atoms with van der Waals surface area (Å²) in [4.78, 5) is 36.8. The van der Waals surface area contributed by atoms with Gasteiger partial charge in [-0.3, -0.25) is 14.4 Å². The zero-order valence-corrected chi connectivity index (χ0v) is 20.5. The molecule has 0 spiro atoms. The summed E-state index contributed by atoms with van der Waals surface area (Å²) in [5.41, 5.74) is -0.177. The Morgan fingerprint density at radius 1 is 1.09 bits per heavy atom. The molecule has 4 aliphatic rings. The second-order valence-corrected chi connectivity index (χ2v) is 12.7. The van der Waals surface area contributed by atoms with Crippen LogP contribution >= 0.6 is 11.8 Å². The molecule has 4 aliphatic carbocycles. The maximum atomic E-state index is 13.3. The van der Waals surface area contributed by atoms with E-state index in [2.05, 4.69) is 13.8 Å². The van der Waals surface area contributed by atoms with Gasteiger partial charge in [0.15, 0.2) is 0 Å². The number of ketones is 2. The number of carbonyl (C=O) groups excluding carboxylic acids is 3. The van der Waals surface area contributed by atoms with Gasteiger partial charge in [-0.15, -0.1) is 0 Å². The van der Waals surface area contributed by atoms with Crippen LogP contribution in [0.3, 0.4) is 0 Å². The Bertz CT molecular complexity index is 802. The Kier molecular flexibility index (Phi) is 6.98. The molecule has 8 heteroatoms. The molecule has 4 saturated carbocycles. The minimum Gasteiger partial charge on any atom is -0.348 e. The monoisotopic (exact) mass is 487 g/mol. The zero-order valence-electron chi connectivity index (χ0n) is 19.6. The number of halogens is 3. The number of Topliss-reactive ketones (excluding diaryl/α,β-unsaturated/α-hetero) is 2. The number of rotatable bonds is 6. The van der Waals surface area contributed by atoms with Crippen molar-refractivity contribution in [1.82, 2.24) is 5.32 Å². The van der Waals surface area contributed by atoms with Gasteiger partial charge < -0.3 is 5.32 Å². The van der Waals surface area contributed by atoms with Crippen LogP contribution in [0.1, 0.15) is 78.1 Å². The first kappa shape index (κ1) is 25.1. The summed E-state index contributed by atoms with van der Waals surface area (Å²) in [5, 5.41) is 2.33. The van der Waals surface area contributed by atoms with E-state index in [0.29, 0.717) is 53.8 Å². The molecule has 2 unspecified atom stereocenters. The molecule has 0 aromatic heterocycles. The van der Waals surface area contributed by atoms with E-state index < -0.39 is 12.1 Å².